The Morgan fingerprint density at radius 1 is 1.14 bits per heavy atom. The van der Waals surface area contributed by atoms with Gasteiger partial charge in [0.05, 0.1) is 25.2 Å². The van der Waals surface area contributed by atoms with Crippen LogP contribution in [0, 0.1) is 6.92 Å². The number of benzene rings is 2. The lowest BCUT2D eigenvalue weighted by Crippen LogP contribution is -2.01. The van der Waals surface area contributed by atoms with E-state index in [0.717, 1.165) is 16.9 Å². The second-order valence-electron chi connectivity index (χ2n) is 5.36. The summed E-state index contributed by atoms with van der Waals surface area (Å²) in [6.07, 6.45) is 0. The lowest BCUT2D eigenvalue weighted by Gasteiger charge is -2.17. The molecule has 1 heterocycles. The number of rotatable bonds is 4. The number of halogens is 1. The number of alkyl halides is 1. The van der Waals surface area contributed by atoms with E-state index in [1.165, 1.54) is 16.7 Å². The van der Waals surface area contributed by atoms with Gasteiger partial charge in [-0.3, -0.25) is 0 Å². The second kappa shape index (κ2) is 6.08. The SMILES string of the molecule is CCOc1ccc(C)cc1C(Cl)c1ccc2c(c1)COC2. The molecule has 0 amide bonds. The molecule has 3 heteroatoms. The van der Waals surface area contributed by atoms with Gasteiger partial charge in [0, 0.05) is 5.56 Å². The summed E-state index contributed by atoms with van der Waals surface area (Å²) < 4.78 is 11.2. The molecule has 1 atom stereocenters. The van der Waals surface area contributed by atoms with Crippen molar-refractivity contribution >= 4 is 11.6 Å². The van der Waals surface area contributed by atoms with Gasteiger partial charge < -0.3 is 9.47 Å². The summed E-state index contributed by atoms with van der Waals surface area (Å²) in [6, 6.07) is 12.5. The fourth-order valence-electron chi connectivity index (χ4n) is 2.68. The Labute approximate surface area is 130 Å². The fraction of sp³-hybridized carbons (Fsp3) is 0.333. The van der Waals surface area contributed by atoms with E-state index in [1.54, 1.807) is 0 Å². The van der Waals surface area contributed by atoms with Gasteiger partial charge in [-0.05, 0) is 36.6 Å². The van der Waals surface area contributed by atoms with Gasteiger partial charge in [-0.1, -0.05) is 35.9 Å². The first-order valence-corrected chi connectivity index (χ1v) is 7.69. The van der Waals surface area contributed by atoms with Gasteiger partial charge in [0.25, 0.3) is 0 Å². The van der Waals surface area contributed by atoms with Crippen molar-refractivity contribution in [2.45, 2.75) is 32.4 Å². The molecule has 0 N–H and O–H groups in total. The van der Waals surface area contributed by atoms with Crippen molar-refractivity contribution in [2.24, 2.45) is 0 Å². The molecule has 2 nitrogen and oxygen atoms in total. The van der Waals surface area contributed by atoms with E-state index >= 15 is 0 Å². The van der Waals surface area contributed by atoms with E-state index in [-0.39, 0.29) is 5.38 Å². The largest absolute Gasteiger partial charge is 0.494 e. The molecule has 0 saturated heterocycles. The minimum absolute atomic E-state index is 0.211. The molecule has 2 aromatic rings. The maximum absolute atomic E-state index is 6.73. The molecular formula is C18H19ClO2. The maximum atomic E-state index is 6.73. The molecule has 1 aliphatic heterocycles. The zero-order chi connectivity index (χ0) is 14.8. The first-order valence-electron chi connectivity index (χ1n) is 7.26. The van der Waals surface area contributed by atoms with Crippen molar-refractivity contribution in [1.29, 1.82) is 0 Å². The minimum atomic E-state index is -0.211. The van der Waals surface area contributed by atoms with E-state index in [9.17, 15) is 0 Å². The summed E-state index contributed by atoms with van der Waals surface area (Å²) in [7, 11) is 0. The number of hydrogen-bond donors (Lipinski definition) is 0. The summed E-state index contributed by atoms with van der Waals surface area (Å²) >= 11 is 6.73. The van der Waals surface area contributed by atoms with Gasteiger partial charge >= 0.3 is 0 Å². The Morgan fingerprint density at radius 3 is 2.76 bits per heavy atom. The molecule has 110 valence electrons. The van der Waals surface area contributed by atoms with Crippen molar-refractivity contribution < 1.29 is 9.47 Å². The minimum Gasteiger partial charge on any atom is -0.494 e. The zero-order valence-corrected chi connectivity index (χ0v) is 13.1. The highest BCUT2D eigenvalue weighted by Crippen LogP contribution is 2.37. The van der Waals surface area contributed by atoms with Crippen molar-refractivity contribution in [3.63, 3.8) is 0 Å². The Hall–Kier alpha value is -1.51. The van der Waals surface area contributed by atoms with Gasteiger partial charge in [0.15, 0.2) is 0 Å². The summed E-state index contributed by atoms with van der Waals surface area (Å²) in [5, 5.41) is -0.211. The lowest BCUT2D eigenvalue weighted by molar-refractivity contribution is 0.134. The van der Waals surface area contributed by atoms with E-state index < -0.39 is 0 Å². The zero-order valence-electron chi connectivity index (χ0n) is 12.4. The van der Waals surface area contributed by atoms with Gasteiger partial charge in [-0.25, -0.2) is 0 Å². The number of aryl methyl sites for hydroxylation is 1. The van der Waals surface area contributed by atoms with Crippen molar-refractivity contribution in [3.05, 3.63) is 64.2 Å². The standard InChI is InChI=1S/C18H19ClO2/c1-3-21-17-7-4-12(2)8-16(17)18(19)13-5-6-14-10-20-11-15(14)9-13/h4-9,18H,3,10-11H2,1-2H3. The van der Waals surface area contributed by atoms with E-state index in [1.807, 2.05) is 13.0 Å². The highest BCUT2D eigenvalue weighted by Gasteiger charge is 2.19. The van der Waals surface area contributed by atoms with Crippen LogP contribution in [-0.2, 0) is 18.0 Å². The first-order chi connectivity index (χ1) is 10.2. The molecule has 0 aliphatic carbocycles. The van der Waals surface area contributed by atoms with Gasteiger partial charge in [-0.2, -0.15) is 0 Å². The van der Waals surface area contributed by atoms with Crippen LogP contribution in [0.25, 0.3) is 0 Å². The number of hydrogen-bond acceptors (Lipinski definition) is 2. The molecule has 0 fully saturated rings. The van der Waals surface area contributed by atoms with Crippen LogP contribution in [0.2, 0.25) is 0 Å². The monoisotopic (exact) mass is 302 g/mol. The van der Waals surface area contributed by atoms with E-state index in [4.69, 9.17) is 21.1 Å². The summed E-state index contributed by atoms with van der Waals surface area (Å²) in [4.78, 5) is 0. The molecule has 2 aromatic carbocycles. The molecule has 21 heavy (non-hydrogen) atoms. The first kappa shape index (κ1) is 14.4. The maximum Gasteiger partial charge on any atom is 0.124 e. The molecule has 0 aromatic heterocycles. The molecule has 3 rings (SSSR count). The Bertz CT molecular complexity index is 652. The van der Waals surface area contributed by atoms with Crippen LogP contribution in [0.5, 0.6) is 5.75 Å². The number of fused-ring (bicyclic) bond motifs is 1. The van der Waals surface area contributed by atoms with Crippen LogP contribution in [-0.4, -0.2) is 6.61 Å². The molecule has 1 unspecified atom stereocenters. The van der Waals surface area contributed by atoms with E-state index in [0.29, 0.717) is 19.8 Å². The van der Waals surface area contributed by atoms with Gasteiger partial charge in [-0.15, -0.1) is 11.6 Å². The lowest BCUT2D eigenvalue weighted by atomic mass is 9.98. The fourth-order valence-corrected chi connectivity index (χ4v) is 2.99. The quantitative estimate of drug-likeness (QED) is 0.759. The Kier molecular flexibility index (Phi) is 4.18. The van der Waals surface area contributed by atoms with Gasteiger partial charge in [0.2, 0.25) is 0 Å². The third kappa shape index (κ3) is 2.92. The topological polar surface area (TPSA) is 18.5 Å². The van der Waals surface area contributed by atoms with Crippen LogP contribution in [0.4, 0.5) is 0 Å². The molecular weight excluding hydrogens is 284 g/mol. The third-order valence-corrected chi connectivity index (χ3v) is 4.26. The van der Waals surface area contributed by atoms with E-state index in [2.05, 4.69) is 37.3 Å². The average Bonchev–Trinajstić information content (AvgIpc) is 2.96. The van der Waals surface area contributed by atoms with Crippen LogP contribution < -0.4 is 4.74 Å². The molecule has 1 aliphatic rings. The van der Waals surface area contributed by atoms with Crippen LogP contribution in [0.15, 0.2) is 36.4 Å². The summed E-state index contributed by atoms with van der Waals surface area (Å²) in [5.74, 6) is 0.861. The Morgan fingerprint density at radius 2 is 1.95 bits per heavy atom. The molecule has 0 saturated carbocycles. The summed E-state index contributed by atoms with van der Waals surface area (Å²) in [6.45, 7) is 6.08. The van der Waals surface area contributed by atoms with Crippen molar-refractivity contribution in [2.75, 3.05) is 6.61 Å². The van der Waals surface area contributed by atoms with Crippen molar-refractivity contribution in [1.82, 2.24) is 0 Å². The molecule has 0 radical (unpaired) electrons. The van der Waals surface area contributed by atoms with Gasteiger partial charge in [0.1, 0.15) is 5.75 Å². The van der Waals surface area contributed by atoms with Crippen molar-refractivity contribution in [3.8, 4) is 5.75 Å². The van der Waals surface area contributed by atoms with Crippen LogP contribution in [0.3, 0.4) is 0 Å². The Balaban J connectivity index is 1.97. The molecule has 0 spiro atoms. The molecule has 0 bridgehead atoms. The van der Waals surface area contributed by atoms with Crippen LogP contribution in [0.1, 0.15) is 40.1 Å². The predicted molar refractivity (Wildman–Crippen MR) is 85.0 cm³/mol. The summed E-state index contributed by atoms with van der Waals surface area (Å²) in [5.41, 5.74) is 5.80. The smallest absolute Gasteiger partial charge is 0.124 e. The highest BCUT2D eigenvalue weighted by atomic mass is 35.5. The highest BCUT2D eigenvalue weighted by molar-refractivity contribution is 6.22. The van der Waals surface area contributed by atoms with Crippen LogP contribution >= 0.6 is 11.6 Å². The number of ether oxygens (including phenoxy) is 2. The predicted octanol–water partition coefficient (Wildman–Crippen LogP) is 4.75. The second-order valence-corrected chi connectivity index (χ2v) is 5.79. The average molecular weight is 303 g/mol. The normalized spacial score (nSPS) is 14.8. The third-order valence-electron chi connectivity index (χ3n) is 3.78.